The number of hydrogen-bond donors (Lipinski definition) is 1. The second-order valence-corrected chi connectivity index (χ2v) is 7.16. The van der Waals surface area contributed by atoms with E-state index in [9.17, 15) is 0 Å². The monoisotopic (exact) mass is 372 g/mol. The average molecular weight is 373 g/mol. The Morgan fingerprint density at radius 3 is 2.12 bits per heavy atom. The van der Waals surface area contributed by atoms with E-state index >= 15 is 0 Å². The second kappa shape index (κ2) is 12.3. The zero-order chi connectivity index (χ0) is 18.7. The standard InChI is InChI=1S/C12H18N.C11H15N.ClH/c1-5-11-8-6-7-9-12(11)10-13(2,3)4;1-3-10(2)12-9-11-7-5-4-6-8-11;/h5-9H,1,10H2,2-4H3;3-8,12H,9H2,1-2H3;1H/q+1;;/p-1/b;10-3+;. The smallest absolute Gasteiger partial charge is 0.104 e. The molecule has 142 valence electrons. The Kier molecular flexibility index (Phi) is 11.4. The summed E-state index contributed by atoms with van der Waals surface area (Å²) in [7, 11) is 6.58. The second-order valence-electron chi connectivity index (χ2n) is 7.16. The Morgan fingerprint density at radius 2 is 1.58 bits per heavy atom. The molecule has 2 nitrogen and oxygen atoms in total. The van der Waals surface area contributed by atoms with E-state index in [2.05, 4.69) is 94.6 Å². The highest BCUT2D eigenvalue weighted by atomic mass is 35.5. The van der Waals surface area contributed by atoms with Crippen molar-refractivity contribution in [2.24, 2.45) is 0 Å². The maximum atomic E-state index is 3.81. The molecule has 0 aliphatic carbocycles. The summed E-state index contributed by atoms with van der Waals surface area (Å²) in [6.07, 6.45) is 3.99. The Bertz CT molecular complexity index is 670. The largest absolute Gasteiger partial charge is 1.00 e. The minimum Gasteiger partial charge on any atom is -1.00 e. The van der Waals surface area contributed by atoms with Crippen LogP contribution in [0.3, 0.4) is 0 Å². The molecule has 0 atom stereocenters. The highest BCUT2D eigenvalue weighted by Crippen LogP contribution is 2.13. The van der Waals surface area contributed by atoms with Crippen LogP contribution in [0, 0.1) is 0 Å². The van der Waals surface area contributed by atoms with Crippen LogP contribution in [0.1, 0.15) is 30.5 Å². The molecule has 3 heteroatoms. The molecule has 1 N–H and O–H groups in total. The van der Waals surface area contributed by atoms with E-state index in [1.165, 1.54) is 22.4 Å². The molecule has 0 aliphatic rings. The Balaban J connectivity index is 0.000000464. The first-order chi connectivity index (χ1) is 11.9. The third-order valence-electron chi connectivity index (χ3n) is 3.77. The highest BCUT2D eigenvalue weighted by Gasteiger charge is 2.09. The number of quaternary nitrogens is 1. The maximum Gasteiger partial charge on any atom is 0.104 e. The molecule has 0 spiro atoms. The molecule has 2 aromatic carbocycles. The van der Waals surface area contributed by atoms with Gasteiger partial charge in [0.15, 0.2) is 0 Å². The van der Waals surface area contributed by atoms with E-state index in [1.54, 1.807) is 0 Å². The third kappa shape index (κ3) is 10.1. The summed E-state index contributed by atoms with van der Waals surface area (Å²) < 4.78 is 0.949. The number of benzene rings is 2. The normalized spacial score (nSPS) is 10.9. The van der Waals surface area contributed by atoms with Crippen LogP contribution in [0.4, 0.5) is 0 Å². The molecule has 2 rings (SSSR count). The summed E-state index contributed by atoms with van der Waals surface area (Å²) in [4.78, 5) is 0. The van der Waals surface area contributed by atoms with Crippen LogP contribution in [-0.2, 0) is 13.1 Å². The van der Waals surface area contributed by atoms with E-state index in [4.69, 9.17) is 0 Å². The third-order valence-corrected chi connectivity index (χ3v) is 3.77. The molecular weight excluding hydrogens is 340 g/mol. The van der Waals surface area contributed by atoms with E-state index < -0.39 is 0 Å². The van der Waals surface area contributed by atoms with Gasteiger partial charge in [-0.1, -0.05) is 73.3 Å². The topological polar surface area (TPSA) is 12.0 Å². The van der Waals surface area contributed by atoms with Crippen molar-refractivity contribution in [2.45, 2.75) is 26.9 Å². The number of rotatable bonds is 6. The minimum atomic E-state index is 0. The van der Waals surface area contributed by atoms with Crippen LogP contribution < -0.4 is 17.7 Å². The van der Waals surface area contributed by atoms with E-state index in [1.807, 2.05) is 19.1 Å². The zero-order valence-corrected chi connectivity index (χ0v) is 17.6. The summed E-state index contributed by atoms with van der Waals surface area (Å²) in [6.45, 7) is 9.88. The lowest BCUT2D eigenvalue weighted by Gasteiger charge is -2.24. The van der Waals surface area contributed by atoms with Crippen LogP contribution in [0.5, 0.6) is 0 Å². The SMILES string of the molecule is C/C=C(\C)NCc1ccccc1.C=Cc1ccccc1C[N+](C)(C)C.[Cl-]. The predicted molar refractivity (Wildman–Crippen MR) is 111 cm³/mol. The molecule has 0 saturated heterocycles. The van der Waals surface area contributed by atoms with E-state index in [-0.39, 0.29) is 12.4 Å². The molecule has 0 bridgehead atoms. The highest BCUT2D eigenvalue weighted by molar-refractivity contribution is 5.51. The molecule has 0 amide bonds. The van der Waals surface area contributed by atoms with E-state index in [0.29, 0.717) is 0 Å². The minimum absolute atomic E-state index is 0. The number of nitrogens with zero attached hydrogens (tertiary/aromatic N) is 1. The fourth-order valence-corrected chi connectivity index (χ4v) is 2.33. The zero-order valence-electron chi connectivity index (χ0n) is 16.8. The van der Waals surface area contributed by atoms with Crippen molar-refractivity contribution in [3.05, 3.63) is 89.6 Å². The Labute approximate surface area is 166 Å². The summed E-state index contributed by atoms with van der Waals surface area (Å²) in [5.41, 5.74) is 5.15. The van der Waals surface area contributed by atoms with Gasteiger partial charge in [-0.15, -0.1) is 0 Å². The number of nitrogens with one attached hydrogen (secondary N) is 1. The molecule has 0 unspecified atom stereocenters. The lowest BCUT2D eigenvalue weighted by molar-refractivity contribution is -0.884. The number of allylic oxidation sites excluding steroid dienone is 2. The molecule has 0 fully saturated rings. The van der Waals surface area contributed by atoms with Gasteiger partial charge in [0.05, 0.1) is 21.1 Å². The summed E-state index contributed by atoms with van der Waals surface area (Å²) >= 11 is 0. The van der Waals surface area contributed by atoms with Gasteiger partial charge in [0.1, 0.15) is 6.54 Å². The van der Waals surface area contributed by atoms with Crippen molar-refractivity contribution in [3.63, 3.8) is 0 Å². The fraction of sp³-hybridized carbons (Fsp3) is 0.304. The van der Waals surface area contributed by atoms with Crippen LogP contribution in [0.25, 0.3) is 6.08 Å². The quantitative estimate of drug-likeness (QED) is 0.767. The molecule has 26 heavy (non-hydrogen) atoms. The molecule has 2 aromatic rings. The van der Waals surface area contributed by atoms with Crippen molar-refractivity contribution in [1.82, 2.24) is 5.32 Å². The van der Waals surface area contributed by atoms with Crippen molar-refractivity contribution < 1.29 is 16.9 Å². The van der Waals surface area contributed by atoms with Crippen LogP contribution in [-0.4, -0.2) is 25.6 Å². The molecule has 0 aliphatic heterocycles. The Hall–Kier alpha value is -2.03. The van der Waals surface area contributed by atoms with Crippen molar-refractivity contribution >= 4 is 6.08 Å². The van der Waals surface area contributed by atoms with E-state index in [0.717, 1.165) is 17.6 Å². The maximum absolute atomic E-state index is 3.81. The van der Waals surface area contributed by atoms with Crippen LogP contribution in [0.15, 0.2) is 72.9 Å². The van der Waals surface area contributed by atoms with Gasteiger partial charge in [0, 0.05) is 17.8 Å². The van der Waals surface area contributed by atoms with Gasteiger partial charge in [0.2, 0.25) is 0 Å². The first-order valence-corrected chi connectivity index (χ1v) is 8.77. The number of hydrogen-bond acceptors (Lipinski definition) is 1. The predicted octanol–water partition coefficient (Wildman–Crippen LogP) is 2.24. The molecule has 0 saturated carbocycles. The molecule has 0 aromatic heterocycles. The summed E-state index contributed by atoms with van der Waals surface area (Å²) in [5, 5.41) is 3.31. The molecule has 0 radical (unpaired) electrons. The molecule has 0 heterocycles. The van der Waals surface area contributed by atoms with Gasteiger partial charge >= 0.3 is 0 Å². The lowest BCUT2D eigenvalue weighted by Crippen LogP contribution is -3.00. The fourth-order valence-electron chi connectivity index (χ4n) is 2.33. The van der Waals surface area contributed by atoms with Crippen molar-refractivity contribution in [3.8, 4) is 0 Å². The van der Waals surface area contributed by atoms with Crippen LogP contribution in [0.2, 0.25) is 0 Å². The lowest BCUT2D eigenvalue weighted by atomic mass is 10.1. The first-order valence-electron chi connectivity index (χ1n) is 8.77. The first kappa shape index (κ1) is 24.0. The molecular formula is C23H33ClN2. The Morgan fingerprint density at radius 1 is 1.00 bits per heavy atom. The van der Waals surface area contributed by atoms with Gasteiger partial charge in [-0.25, -0.2) is 0 Å². The van der Waals surface area contributed by atoms with Gasteiger partial charge in [0.25, 0.3) is 0 Å². The summed E-state index contributed by atoms with van der Waals surface area (Å²) in [5.74, 6) is 0. The van der Waals surface area contributed by atoms with Gasteiger partial charge in [-0.05, 0) is 25.0 Å². The van der Waals surface area contributed by atoms with Gasteiger partial charge < -0.3 is 22.2 Å². The number of halogens is 1. The summed E-state index contributed by atoms with van der Waals surface area (Å²) in [6, 6.07) is 18.8. The average Bonchev–Trinajstić information content (AvgIpc) is 2.60. The van der Waals surface area contributed by atoms with Gasteiger partial charge in [-0.3, -0.25) is 0 Å². The van der Waals surface area contributed by atoms with Crippen molar-refractivity contribution in [2.75, 3.05) is 21.1 Å². The van der Waals surface area contributed by atoms with Crippen LogP contribution >= 0.6 is 0 Å². The van der Waals surface area contributed by atoms with Gasteiger partial charge in [-0.2, -0.15) is 0 Å². The van der Waals surface area contributed by atoms with Crippen molar-refractivity contribution in [1.29, 1.82) is 0 Å².